The van der Waals surface area contributed by atoms with Gasteiger partial charge in [0.2, 0.25) is 0 Å². The SMILES string of the molecule is Cc1ccc(Cl)c(OCc2ccccc2/C(C#N)=N\O)c1. The second-order valence-electron chi connectivity index (χ2n) is 4.44. The van der Waals surface area contributed by atoms with E-state index in [4.69, 9.17) is 26.8 Å². The van der Waals surface area contributed by atoms with Crippen LogP contribution in [0, 0.1) is 18.3 Å². The van der Waals surface area contributed by atoms with Crippen LogP contribution in [0.5, 0.6) is 5.75 Å². The lowest BCUT2D eigenvalue weighted by Gasteiger charge is -2.11. The molecule has 2 aromatic rings. The number of nitriles is 1. The van der Waals surface area contributed by atoms with Gasteiger partial charge in [-0.1, -0.05) is 47.1 Å². The molecule has 0 heterocycles. The van der Waals surface area contributed by atoms with E-state index in [1.54, 1.807) is 18.2 Å². The van der Waals surface area contributed by atoms with Gasteiger partial charge in [-0.15, -0.1) is 0 Å². The summed E-state index contributed by atoms with van der Waals surface area (Å²) in [6.07, 6.45) is 0. The third-order valence-electron chi connectivity index (χ3n) is 2.95. The van der Waals surface area contributed by atoms with Gasteiger partial charge in [0.25, 0.3) is 0 Å². The van der Waals surface area contributed by atoms with E-state index in [-0.39, 0.29) is 12.3 Å². The third kappa shape index (κ3) is 3.53. The standard InChI is InChI=1S/C16H13ClN2O2/c1-11-6-7-14(17)16(8-11)21-10-12-4-2-3-5-13(12)15(9-18)19-20/h2-8,20H,10H2,1H3/b19-15-. The lowest BCUT2D eigenvalue weighted by atomic mass is 10.0. The van der Waals surface area contributed by atoms with Gasteiger partial charge in [-0.3, -0.25) is 0 Å². The molecule has 0 bridgehead atoms. The molecular weight excluding hydrogens is 288 g/mol. The molecule has 0 saturated carbocycles. The van der Waals surface area contributed by atoms with Crippen LogP contribution in [-0.2, 0) is 6.61 Å². The second-order valence-corrected chi connectivity index (χ2v) is 4.85. The fraction of sp³-hybridized carbons (Fsp3) is 0.125. The number of benzene rings is 2. The first kappa shape index (κ1) is 14.9. The van der Waals surface area contributed by atoms with Crippen molar-refractivity contribution in [1.82, 2.24) is 0 Å². The lowest BCUT2D eigenvalue weighted by Crippen LogP contribution is -2.06. The van der Waals surface area contributed by atoms with Crippen molar-refractivity contribution in [2.24, 2.45) is 5.16 Å². The summed E-state index contributed by atoms with van der Waals surface area (Å²) < 4.78 is 5.71. The predicted molar refractivity (Wildman–Crippen MR) is 80.9 cm³/mol. The number of aryl methyl sites for hydroxylation is 1. The molecular formula is C16H13ClN2O2. The zero-order valence-electron chi connectivity index (χ0n) is 11.4. The van der Waals surface area contributed by atoms with Gasteiger partial charge in [-0.25, -0.2) is 0 Å². The number of ether oxygens (including phenoxy) is 1. The molecule has 5 heteroatoms. The molecule has 0 spiro atoms. The fourth-order valence-electron chi connectivity index (χ4n) is 1.89. The summed E-state index contributed by atoms with van der Waals surface area (Å²) in [5.41, 5.74) is 2.26. The molecule has 0 aliphatic rings. The Morgan fingerprint density at radius 3 is 2.81 bits per heavy atom. The first-order valence-electron chi connectivity index (χ1n) is 6.25. The van der Waals surface area contributed by atoms with E-state index < -0.39 is 0 Å². The van der Waals surface area contributed by atoms with Crippen molar-refractivity contribution in [3.05, 3.63) is 64.2 Å². The van der Waals surface area contributed by atoms with Gasteiger partial charge in [-0.05, 0) is 30.2 Å². The normalized spacial score (nSPS) is 11.0. The minimum Gasteiger partial charge on any atom is -0.487 e. The van der Waals surface area contributed by atoms with Crippen LogP contribution < -0.4 is 4.74 Å². The number of rotatable bonds is 4. The molecule has 0 saturated heterocycles. The van der Waals surface area contributed by atoms with Gasteiger partial charge in [0.1, 0.15) is 18.4 Å². The minimum atomic E-state index is -0.0514. The van der Waals surface area contributed by atoms with E-state index in [0.29, 0.717) is 16.3 Å². The molecule has 2 rings (SSSR count). The molecule has 21 heavy (non-hydrogen) atoms. The fourth-order valence-corrected chi connectivity index (χ4v) is 2.06. The van der Waals surface area contributed by atoms with Crippen LogP contribution in [0.1, 0.15) is 16.7 Å². The first-order chi connectivity index (χ1) is 10.2. The highest BCUT2D eigenvalue weighted by Gasteiger charge is 2.10. The topological polar surface area (TPSA) is 65.6 Å². The quantitative estimate of drug-likeness (QED) is 0.528. The number of nitrogens with zero attached hydrogens (tertiary/aromatic N) is 2. The van der Waals surface area contributed by atoms with Crippen molar-refractivity contribution >= 4 is 17.3 Å². The molecule has 0 aliphatic heterocycles. The van der Waals surface area contributed by atoms with Crippen molar-refractivity contribution in [2.45, 2.75) is 13.5 Å². The maximum atomic E-state index is 8.97. The Kier molecular flexibility index (Phi) is 4.81. The van der Waals surface area contributed by atoms with E-state index in [1.807, 2.05) is 37.3 Å². The third-order valence-corrected chi connectivity index (χ3v) is 3.26. The predicted octanol–water partition coefficient (Wildman–Crippen LogP) is 3.93. The van der Waals surface area contributed by atoms with Crippen molar-refractivity contribution in [3.63, 3.8) is 0 Å². The Morgan fingerprint density at radius 2 is 2.10 bits per heavy atom. The molecule has 0 aliphatic carbocycles. The van der Waals surface area contributed by atoms with E-state index in [2.05, 4.69) is 5.16 Å². The number of halogens is 1. The maximum absolute atomic E-state index is 8.97. The first-order valence-corrected chi connectivity index (χ1v) is 6.63. The van der Waals surface area contributed by atoms with E-state index in [0.717, 1.165) is 11.1 Å². The van der Waals surface area contributed by atoms with Crippen LogP contribution in [0.15, 0.2) is 47.6 Å². The Balaban J connectivity index is 2.25. The second kappa shape index (κ2) is 6.78. The van der Waals surface area contributed by atoms with E-state index in [1.165, 1.54) is 0 Å². The Labute approximate surface area is 127 Å². The monoisotopic (exact) mass is 300 g/mol. The van der Waals surface area contributed by atoms with Gasteiger partial charge >= 0.3 is 0 Å². The van der Waals surface area contributed by atoms with Crippen LogP contribution in [0.2, 0.25) is 5.02 Å². The Bertz CT molecular complexity index is 720. The minimum absolute atomic E-state index is 0.0514. The van der Waals surface area contributed by atoms with Crippen molar-refractivity contribution in [1.29, 1.82) is 5.26 Å². The summed E-state index contributed by atoms with van der Waals surface area (Å²) in [7, 11) is 0. The largest absolute Gasteiger partial charge is 0.487 e. The molecule has 4 nitrogen and oxygen atoms in total. The smallest absolute Gasteiger partial charge is 0.187 e. The van der Waals surface area contributed by atoms with Crippen LogP contribution in [-0.4, -0.2) is 10.9 Å². The summed E-state index contributed by atoms with van der Waals surface area (Å²) in [5.74, 6) is 0.575. The highest BCUT2D eigenvalue weighted by molar-refractivity contribution is 6.32. The molecule has 0 aromatic heterocycles. The van der Waals surface area contributed by atoms with Crippen LogP contribution in [0.4, 0.5) is 0 Å². The van der Waals surface area contributed by atoms with Gasteiger partial charge in [0, 0.05) is 5.56 Å². The van der Waals surface area contributed by atoms with Gasteiger partial charge in [0.15, 0.2) is 5.71 Å². The maximum Gasteiger partial charge on any atom is 0.187 e. The van der Waals surface area contributed by atoms with Crippen molar-refractivity contribution < 1.29 is 9.94 Å². The summed E-state index contributed by atoms with van der Waals surface area (Å²) in [5, 5.41) is 21.4. The Hall–Kier alpha value is -2.51. The zero-order chi connectivity index (χ0) is 15.2. The van der Waals surface area contributed by atoms with E-state index >= 15 is 0 Å². The lowest BCUT2D eigenvalue weighted by molar-refractivity contribution is 0.305. The highest BCUT2D eigenvalue weighted by atomic mass is 35.5. The van der Waals surface area contributed by atoms with Crippen LogP contribution >= 0.6 is 11.6 Å². The van der Waals surface area contributed by atoms with Crippen molar-refractivity contribution in [2.75, 3.05) is 0 Å². The summed E-state index contributed by atoms with van der Waals surface area (Å²) in [6, 6.07) is 14.5. The summed E-state index contributed by atoms with van der Waals surface area (Å²) in [6.45, 7) is 2.17. The molecule has 0 atom stereocenters. The molecule has 0 radical (unpaired) electrons. The average Bonchev–Trinajstić information content (AvgIpc) is 2.50. The summed E-state index contributed by atoms with van der Waals surface area (Å²) >= 11 is 6.08. The molecule has 0 unspecified atom stereocenters. The highest BCUT2D eigenvalue weighted by Crippen LogP contribution is 2.26. The van der Waals surface area contributed by atoms with Crippen LogP contribution in [0.25, 0.3) is 0 Å². The van der Waals surface area contributed by atoms with Crippen molar-refractivity contribution in [3.8, 4) is 11.8 Å². The summed E-state index contributed by atoms with van der Waals surface area (Å²) in [4.78, 5) is 0. The molecule has 0 amide bonds. The zero-order valence-corrected chi connectivity index (χ0v) is 12.1. The number of hydrogen-bond acceptors (Lipinski definition) is 4. The number of oxime groups is 1. The molecule has 1 N–H and O–H groups in total. The van der Waals surface area contributed by atoms with Gasteiger partial charge in [-0.2, -0.15) is 5.26 Å². The average molecular weight is 301 g/mol. The molecule has 106 valence electrons. The van der Waals surface area contributed by atoms with Gasteiger partial charge < -0.3 is 9.94 Å². The van der Waals surface area contributed by atoms with Gasteiger partial charge in [0.05, 0.1) is 5.02 Å². The van der Waals surface area contributed by atoms with Crippen LogP contribution in [0.3, 0.4) is 0 Å². The molecule has 2 aromatic carbocycles. The molecule has 0 fully saturated rings. The van der Waals surface area contributed by atoms with E-state index in [9.17, 15) is 0 Å². The number of hydrogen-bond donors (Lipinski definition) is 1. The Morgan fingerprint density at radius 1 is 1.33 bits per heavy atom.